The van der Waals surface area contributed by atoms with Crippen molar-refractivity contribution in [3.8, 4) is 17.1 Å². The van der Waals surface area contributed by atoms with E-state index in [0.29, 0.717) is 6.04 Å². The van der Waals surface area contributed by atoms with Gasteiger partial charge in [-0.1, -0.05) is 6.92 Å². The molecule has 0 radical (unpaired) electrons. The Morgan fingerprint density at radius 3 is 2.95 bits per heavy atom. The molecule has 1 aromatic heterocycles. The van der Waals surface area contributed by atoms with E-state index in [2.05, 4.69) is 33.9 Å². The minimum absolute atomic E-state index is 0.695. The van der Waals surface area contributed by atoms with Gasteiger partial charge in [0.05, 0.1) is 7.11 Å². The van der Waals surface area contributed by atoms with Gasteiger partial charge in [0.2, 0.25) is 0 Å². The highest BCUT2D eigenvalue weighted by molar-refractivity contribution is 5.59. The van der Waals surface area contributed by atoms with Crippen molar-refractivity contribution in [2.45, 2.75) is 45.3 Å². The number of nitrogens with zero attached hydrogens (tertiary/aromatic N) is 2. The van der Waals surface area contributed by atoms with E-state index in [9.17, 15) is 0 Å². The van der Waals surface area contributed by atoms with Crippen molar-refractivity contribution in [3.05, 3.63) is 36.2 Å². The number of hydrogen-bond donors (Lipinski definition) is 1. The lowest BCUT2D eigenvalue weighted by Crippen LogP contribution is -2.16. The molecule has 1 heterocycles. The van der Waals surface area contributed by atoms with E-state index in [1.165, 1.54) is 18.4 Å². The van der Waals surface area contributed by atoms with Crippen molar-refractivity contribution < 1.29 is 4.74 Å². The molecule has 21 heavy (non-hydrogen) atoms. The van der Waals surface area contributed by atoms with Crippen molar-refractivity contribution >= 4 is 0 Å². The quantitative estimate of drug-likeness (QED) is 0.849. The zero-order chi connectivity index (χ0) is 14.7. The molecule has 112 valence electrons. The largest absolute Gasteiger partial charge is 0.496 e. The van der Waals surface area contributed by atoms with E-state index in [4.69, 9.17) is 4.74 Å². The summed E-state index contributed by atoms with van der Waals surface area (Å²) in [5, 5.41) is 3.55. The Balaban J connectivity index is 1.87. The Morgan fingerprint density at radius 1 is 1.38 bits per heavy atom. The Bertz CT molecular complexity index is 602. The summed E-state index contributed by atoms with van der Waals surface area (Å²) in [5.41, 5.74) is 2.36. The van der Waals surface area contributed by atoms with E-state index in [-0.39, 0.29) is 0 Å². The number of aromatic nitrogens is 2. The van der Waals surface area contributed by atoms with Crippen molar-refractivity contribution in [2.24, 2.45) is 0 Å². The molecule has 1 fully saturated rings. The average Bonchev–Trinajstić information content (AvgIpc) is 3.23. The molecule has 1 aliphatic rings. The number of aryl methyl sites for hydroxylation is 1. The van der Waals surface area contributed by atoms with Crippen LogP contribution in [0.1, 0.15) is 31.7 Å². The second kappa shape index (κ2) is 6.31. The average molecular weight is 285 g/mol. The molecule has 0 aliphatic heterocycles. The summed E-state index contributed by atoms with van der Waals surface area (Å²) >= 11 is 0. The third-order valence-corrected chi connectivity index (χ3v) is 3.88. The van der Waals surface area contributed by atoms with Crippen molar-refractivity contribution in [1.82, 2.24) is 14.9 Å². The predicted molar refractivity (Wildman–Crippen MR) is 84.4 cm³/mol. The highest BCUT2D eigenvalue weighted by Gasteiger charge is 2.21. The Morgan fingerprint density at radius 2 is 2.24 bits per heavy atom. The lowest BCUT2D eigenvalue weighted by Gasteiger charge is -2.12. The fourth-order valence-corrected chi connectivity index (χ4v) is 2.59. The number of ether oxygens (including phenoxy) is 1. The molecular weight excluding hydrogens is 262 g/mol. The monoisotopic (exact) mass is 285 g/mol. The van der Waals surface area contributed by atoms with Crippen LogP contribution in [0, 0.1) is 0 Å². The summed E-state index contributed by atoms with van der Waals surface area (Å²) in [6.07, 6.45) is 7.62. The standard InChI is InChI=1S/C17H23N3O/c1-3-9-20-10-8-18-17(20)13-4-7-16(21-2)14(11-13)12-19-15-5-6-15/h4,7-8,10-11,15,19H,3,5-6,9,12H2,1-2H3. The van der Waals surface area contributed by atoms with E-state index < -0.39 is 0 Å². The van der Waals surface area contributed by atoms with Crippen LogP contribution in [0.3, 0.4) is 0 Å². The molecule has 0 unspecified atom stereocenters. The second-order valence-electron chi connectivity index (χ2n) is 5.63. The fourth-order valence-electron chi connectivity index (χ4n) is 2.59. The van der Waals surface area contributed by atoms with Crippen LogP contribution in [0.15, 0.2) is 30.6 Å². The van der Waals surface area contributed by atoms with Crippen LogP contribution in [-0.4, -0.2) is 22.7 Å². The maximum atomic E-state index is 5.48. The molecule has 1 aromatic carbocycles. The first kappa shape index (κ1) is 14.1. The Hall–Kier alpha value is -1.81. The van der Waals surface area contributed by atoms with E-state index in [0.717, 1.165) is 36.6 Å². The normalized spacial score (nSPS) is 14.4. The maximum absolute atomic E-state index is 5.48. The smallest absolute Gasteiger partial charge is 0.139 e. The third-order valence-electron chi connectivity index (χ3n) is 3.88. The van der Waals surface area contributed by atoms with Gasteiger partial charge < -0.3 is 14.6 Å². The number of nitrogens with one attached hydrogen (secondary N) is 1. The summed E-state index contributed by atoms with van der Waals surface area (Å²) in [6, 6.07) is 7.03. The van der Waals surface area contributed by atoms with Gasteiger partial charge in [0.1, 0.15) is 11.6 Å². The molecule has 0 spiro atoms. The minimum atomic E-state index is 0.695. The molecule has 4 heteroatoms. The van der Waals surface area contributed by atoms with E-state index in [1.807, 2.05) is 18.5 Å². The molecular formula is C17H23N3O. The molecule has 1 N–H and O–H groups in total. The maximum Gasteiger partial charge on any atom is 0.139 e. The molecule has 2 aromatic rings. The number of methoxy groups -OCH3 is 1. The van der Waals surface area contributed by atoms with Gasteiger partial charge >= 0.3 is 0 Å². The number of imidazole rings is 1. The molecule has 1 saturated carbocycles. The van der Waals surface area contributed by atoms with Crippen LogP contribution < -0.4 is 10.1 Å². The molecule has 1 aliphatic carbocycles. The highest BCUT2D eigenvalue weighted by Crippen LogP contribution is 2.27. The van der Waals surface area contributed by atoms with E-state index in [1.54, 1.807) is 7.11 Å². The van der Waals surface area contributed by atoms with Crippen molar-refractivity contribution in [1.29, 1.82) is 0 Å². The highest BCUT2D eigenvalue weighted by atomic mass is 16.5. The Labute approximate surface area is 126 Å². The first-order chi connectivity index (χ1) is 10.3. The third kappa shape index (κ3) is 3.27. The van der Waals surface area contributed by atoms with Gasteiger partial charge in [0.25, 0.3) is 0 Å². The van der Waals surface area contributed by atoms with E-state index >= 15 is 0 Å². The first-order valence-corrected chi connectivity index (χ1v) is 7.73. The summed E-state index contributed by atoms with van der Waals surface area (Å²) < 4.78 is 7.69. The molecule has 0 atom stereocenters. The SMILES string of the molecule is CCCn1ccnc1-c1ccc(OC)c(CNC2CC2)c1. The second-order valence-corrected chi connectivity index (χ2v) is 5.63. The summed E-state index contributed by atoms with van der Waals surface area (Å²) in [4.78, 5) is 4.51. The van der Waals surface area contributed by atoms with Crippen molar-refractivity contribution in [3.63, 3.8) is 0 Å². The van der Waals surface area contributed by atoms with Gasteiger partial charge in [0, 0.05) is 42.7 Å². The predicted octanol–water partition coefficient (Wildman–Crippen LogP) is 3.22. The summed E-state index contributed by atoms with van der Waals surface area (Å²) in [7, 11) is 1.73. The molecule has 4 nitrogen and oxygen atoms in total. The van der Waals surface area contributed by atoms with Gasteiger partial charge in [-0.2, -0.15) is 0 Å². The number of benzene rings is 1. The molecule has 0 amide bonds. The summed E-state index contributed by atoms with van der Waals surface area (Å²) in [6.45, 7) is 4.04. The Kier molecular flexibility index (Phi) is 4.25. The number of hydrogen-bond acceptors (Lipinski definition) is 3. The zero-order valence-electron chi connectivity index (χ0n) is 12.8. The number of rotatable bonds is 7. The van der Waals surface area contributed by atoms with Crippen LogP contribution >= 0.6 is 0 Å². The van der Waals surface area contributed by atoms with Gasteiger partial charge in [-0.3, -0.25) is 0 Å². The van der Waals surface area contributed by atoms with Crippen LogP contribution in [0.5, 0.6) is 5.75 Å². The van der Waals surface area contributed by atoms with Crippen LogP contribution in [0.4, 0.5) is 0 Å². The van der Waals surface area contributed by atoms with Crippen LogP contribution in [0.25, 0.3) is 11.4 Å². The van der Waals surface area contributed by atoms with Crippen molar-refractivity contribution in [2.75, 3.05) is 7.11 Å². The topological polar surface area (TPSA) is 39.1 Å². The molecule has 0 saturated heterocycles. The van der Waals surface area contributed by atoms with Gasteiger partial charge in [0.15, 0.2) is 0 Å². The van der Waals surface area contributed by atoms with Gasteiger partial charge in [-0.05, 0) is 37.5 Å². The fraction of sp³-hybridized carbons (Fsp3) is 0.471. The summed E-state index contributed by atoms with van der Waals surface area (Å²) in [5.74, 6) is 1.98. The zero-order valence-corrected chi connectivity index (χ0v) is 12.8. The molecule has 0 bridgehead atoms. The van der Waals surface area contributed by atoms with Crippen LogP contribution in [-0.2, 0) is 13.1 Å². The lowest BCUT2D eigenvalue weighted by molar-refractivity contribution is 0.407. The van der Waals surface area contributed by atoms with Gasteiger partial charge in [-0.15, -0.1) is 0 Å². The van der Waals surface area contributed by atoms with Crippen LogP contribution in [0.2, 0.25) is 0 Å². The molecule has 3 rings (SSSR count). The first-order valence-electron chi connectivity index (χ1n) is 7.73. The minimum Gasteiger partial charge on any atom is -0.496 e. The lowest BCUT2D eigenvalue weighted by atomic mass is 10.1. The van der Waals surface area contributed by atoms with Gasteiger partial charge in [-0.25, -0.2) is 4.98 Å².